The summed E-state index contributed by atoms with van der Waals surface area (Å²) in [5.41, 5.74) is 4.20. The number of sulfonamides is 1. The Bertz CT molecular complexity index is 616. The molecule has 90 valence electrons. The zero-order valence-electron chi connectivity index (χ0n) is 9.97. The number of rotatable bonds is 1. The third-order valence-electron chi connectivity index (χ3n) is 3.57. The van der Waals surface area contributed by atoms with Crippen molar-refractivity contribution in [3.05, 3.63) is 35.4 Å². The average molecular weight is 249 g/mol. The van der Waals surface area contributed by atoms with E-state index in [-0.39, 0.29) is 6.04 Å². The molecule has 0 amide bonds. The molecule has 2 aliphatic rings. The van der Waals surface area contributed by atoms with Crippen LogP contribution in [-0.4, -0.2) is 20.7 Å². The molecular weight excluding hydrogens is 234 g/mol. The lowest BCUT2D eigenvalue weighted by Crippen LogP contribution is -2.35. The van der Waals surface area contributed by atoms with Gasteiger partial charge < -0.3 is 0 Å². The molecule has 0 N–H and O–H groups in total. The van der Waals surface area contributed by atoms with E-state index in [2.05, 4.69) is 6.08 Å². The van der Waals surface area contributed by atoms with Gasteiger partial charge in [0.15, 0.2) is 0 Å². The standard InChI is InChI=1S/C13H15NO2S/c1-9-5-3-7-11-10-6-4-8-12(10)14(13(9)11)17(2,15)16/h3,5-7,12H,4,8H2,1-2H3. The van der Waals surface area contributed by atoms with Crippen LogP contribution in [0.3, 0.4) is 0 Å². The van der Waals surface area contributed by atoms with Gasteiger partial charge in [0.05, 0.1) is 18.0 Å². The summed E-state index contributed by atoms with van der Waals surface area (Å²) in [5, 5.41) is 0. The normalized spacial score (nSPS) is 22.4. The number of aryl methyl sites for hydroxylation is 1. The van der Waals surface area contributed by atoms with Crippen molar-refractivity contribution >= 4 is 21.3 Å². The molecule has 0 bridgehead atoms. The van der Waals surface area contributed by atoms with E-state index in [1.54, 1.807) is 4.31 Å². The minimum atomic E-state index is -3.20. The largest absolute Gasteiger partial charge is 0.262 e. The number of allylic oxidation sites excluding steroid dienone is 1. The van der Waals surface area contributed by atoms with Crippen LogP contribution in [0.4, 0.5) is 5.69 Å². The summed E-state index contributed by atoms with van der Waals surface area (Å²) in [5.74, 6) is 0. The first-order valence-corrected chi connectivity index (χ1v) is 7.64. The van der Waals surface area contributed by atoms with Crippen LogP contribution in [0.1, 0.15) is 24.0 Å². The van der Waals surface area contributed by atoms with E-state index in [1.807, 2.05) is 25.1 Å². The number of anilines is 1. The maximum atomic E-state index is 12.0. The summed E-state index contributed by atoms with van der Waals surface area (Å²) in [4.78, 5) is 0. The fourth-order valence-corrected chi connectivity index (χ4v) is 4.21. The molecule has 0 saturated heterocycles. The van der Waals surface area contributed by atoms with Gasteiger partial charge in [0.2, 0.25) is 10.0 Å². The van der Waals surface area contributed by atoms with E-state index < -0.39 is 10.0 Å². The van der Waals surface area contributed by atoms with Crippen LogP contribution in [-0.2, 0) is 10.0 Å². The van der Waals surface area contributed by atoms with Crippen molar-refractivity contribution < 1.29 is 8.42 Å². The maximum Gasteiger partial charge on any atom is 0.232 e. The van der Waals surface area contributed by atoms with E-state index >= 15 is 0 Å². The Hall–Kier alpha value is -1.29. The van der Waals surface area contributed by atoms with Crippen molar-refractivity contribution in [1.29, 1.82) is 0 Å². The van der Waals surface area contributed by atoms with Crippen molar-refractivity contribution in [2.75, 3.05) is 10.6 Å². The number of fused-ring (bicyclic) bond motifs is 3. The van der Waals surface area contributed by atoms with Gasteiger partial charge >= 0.3 is 0 Å². The Morgan fingerprint density at radius 3 is 2.82 bits per heavy atom. The highest BCUT2D eigenvalue weighted by Crippen LogP contribution is 2.47. The van der Waals surface area contributed by atoms with Gasteiger partial charge in [0.1, 0.15) is 0 Å². The zero-order chi connectivity index (χ0) is 12.2. The zero-order valence-corrected chi connectivity index (χ0v) is 10.8. The second kappa shape index (κ2) is 3.35. The molecule has 1 aliphatic carbocycles. The van der Waals surface area contributed by atoms with E-state index in [0.29, 0.717) is 0 Å². The third-order valence-corrected chi connectivity index (χ3v) is 4.72. The van der Waals surface area contributed by atoms with Gasteiger partial charge in [-0.1, -0.05) is 24.3 Å². The first kappa shape index (κ1) is 10.8. The van der Waals surface area contributed by atoms with E-state index in [9.17, 15) is 8.42 Å². The van der Waals surface area contributed by atoms with E-state index in [1.165, 1.54) is 11.8 Å². The molecule has 1 aliphatic heterocycles. The SMILES string of the molecule is Cc1cccc2c1N(S(C)(=O)=O)C1CCC=C21. The molecule has 1 aromatic rings. The number of hydrogen-bond donors (Lipinski definition) is 0. The molecular formula is C13H15NO2S. The van der Waals surface area contributed by atoms with Gasteiger partial charge in [-0.3, -0.25) is 4.31 Å². The molecule has 1 aromatic carbocycles. The fraction of sp³-hybridized carbons (Fsp3) is 0.385. The molecule has 4 heteroatoms. The van der Waals surface area contributed by atoms with Crippen LogP contribution in [0.5, 0.6) is 0 Å². The van der Waals surface area contributed by atoms with Crippen molar-refractivity contribution in [2.24, 2.45) is 0 Å². The number of nitrogens with zero attached hydrogens (tertiary/aromatic N) is 1. The second-order valence-corrected chi connectivity index (χ2v) is 6.64. The Labute approximate surface area is 102 Å². The Morgan fingerprint density at radius 2 is 2.12 bits per heavy atom. The molecule has 1 heterocycles. The van der Waals surface area contributed by atoms with Gasteiger partial charge in [0.25, 0.3) is 0 Å². The molecule has 0 aromatic heterocycles. The monoisotopic (exact) mass is 249 g/mol. The van der Waals surface area contributed by atoms with Crippen LogP contribution in [0.25, 0.3) is 5.57 Å². The molecule has 1 atom stereocenters. The summed E-state index contributed by atoms with van der Waals surface area (Å²) in [7, 11) is -3.20. The Morgan fingerprint density at radius 1 is 1.35 bits per heavy atom. The summed E-state index contributed by atoms with van der Waals surface area (Å²) in [6, 6.07) is 6.02. The van der Waals surface area contributed by atoms with Crippen LogP contribution < -0.4 is 4.31 Å². The summed E-state index contributed by atoms with van der Waals surface area (Å²) < 4.78 is 25.6. The highest BCUT2D eigenvalue weighted by atomic mass is 32.2. The summed E-state index contributed by atoms with van der Waals surface area (Å²) >= 11 is 0. The van der Waals surface area contributed by atoms with Crippen LogP contribution in [0.15, 0.2) is 24.3 Å². The van der Waals surface area contributed by atoms with Crippen LogP contribution >= 0.6 is 0 Å². The van der Waals surface area contributed by atoms with Gasteiger partial charge in [-0.05, 0) is 30.9 Å². The molecule has 0 saturated carbocycles. The lowest BCUT2D eigenvalue weighted by Gasteiger charge is -2.24. The molecule has 1 unspecified atom stereocenters. The molecule has 17 heavy (non-hydrogen) atoms. The minimum Gasteiger partial charge on any atom is -0.262 e. The van der Waals surface area contributed by atoms with Crippen LogP contribution in [0, 0.1) is 6.92 Å². The lowest BCUT2D eigenvalue weighted by molar-refractivity contribution is 0.592. The Balaban J connectivity index is 2.31. The molecule has 0 fully saturated rings. The fourth-order valence-electron chi connectivity index (χ4n) is 2.96. The number of hydrogen-bond acceptors (Lipinski definition) is 2. The van der Waals surface area contributed by atoms with Crippen molar-refractivity contribution in [3.63, 3.8) is 0 Å². The number of para-hydroxylation sites is 1. The quantitative estimate of drug-likeness (QED) is 0.766. The molecule has 3 nitrogen and oxygen atoms in total. The highest BCUT2D eigenvalue weighted by molar-refractivity contribution is 7.92. The van der Waals surface area contributed by atoms with Gasteiger partial charge in [-0.25, -0.2) is 8.42 Å². The summed E-state index contributed by atoms with van der Waals surface area (Å²) in [6.07, 6.45) is 5.34. The summed E-state index contributed by atoms with van der Waals surface area (Å²) in [6.45, 7) is 1.97. The maximum absolute atomic E-state index is 12.0. The Kier molecular flexibility index (Phi) is 2.14. The second-order valence-electron chi connectivity index (χ2n) is 4.78. The van der Waals surface area contributed by atoms with Gasteiger partial charge in [0, 0.05) is 5.56 Å². The highest BCUT2D eigenvalue weighted by Gasteiger charge is 2.41. The smallest absolute Gasteiger partial charge is 0.232 e. The van der Waals surface area contributed by atoms with Crippen LogP contribution in [0.2, 0.25) is 0 Å². The van der Waals surface area contributed by atoms with E-state index in [4.69, 9.17) is 0 Å². The molecule has 3 rings (SSSR count). The predicted molar refractivity (Wildman–Crippen MR) is 69.5 cm³/mol. The number of benzene rings is 1. The first-order valence-electron chi connectivity index (χ1n) is 5.79. The van der Waals surface area contributed by atoms with E-state index in [0.717, 1.165) is 29.7 Å². The van der Waals surface area contributed by atoms with Crippen molar-refractivity contribution in [3.8, 4) is 0 Å². The molecule has 0 radical (unpaired) electrons. The average Bonchev–Trinajstić information content (AvgIpc) is 2.76. The van der Waals surface area contributed by atoms with Gasteiger partial charge in [-0.2, -0.15) is 0 Å². The predicted octanol–water partition coefficient (Wildman–Crippen LogP) is 2.32. The minimum absolute atomic E-state index is 0.0288. The van der Waals surface area contributed by atoms with Gasteiger partial charge in [-0.15, -0.1) is 0 Å². The first-order chi connectivity index (χ1) is 8.00. The van der Waals surface area contributed by atoms with Crippen molar-refractivity contribution in [2.45, 2.75) is 25.8 Å². The topological polar surface area (TPSA) is 37.4 Å². The lowest BCUT2D eigenvalue weighted by atomic mass is 10.0. The molecule has 0 spiro atoms. The van der Waals surface area contributed by atoms with Crippen molar-refractivity contribution in [1.82, 2.24) is 0 Å². The third kappa shape index (κ3) is 1.43.